The van der Waals surface area contributed by atoms with Gasteiger partial charge in [-0.05, 0) is 95.4 Å². The third-order valence-corrected chi connectivity index (χ3v) is 13.7. The van der Waals surface area contributed by atoms with E-state index >= 15 is 0 Å². The molecular formula is C52H32N2S2. The number of anilines is 3. The van der Waals surface area contributed by atoms with Crippen LogP contribution in [0, 0.1) is 0 Å². The second-order valence-electron chi connectivity index (χ2n) is 14.5. The number of benzene rings is 9. The van der Waals surface area contributed by atoms with Gasteiger partial charge >= 0.3 is 0 Å². The van der Waals surface area contributed by atoms with Crippen molar-refractivity contribution in [3.05, 3.63) is 194 Å². The Morgan fingerprint density at radius 2 is 0.839 bits per heavy atom. The molecule has 0 unspecified atom stereocenters. The zero-order chi connectivity index (χ0) is 36.7. The zero-order valence-electron chi connectivity index (χ0n) is 30.2. The summed E-state index contributed by atoms with van der Waals surface area (Å²) >= 11 is 3.72. The number of nitrogens with zero attached hydrogens (tertiary/aromatic N) is 2. The summed E-state index contributed by atoms with van der Waals surface area (Å²) < 4.78 is 7.68. The van der Waals surface area contributed by atoms with Gasteiger partial charge in [0.25, 0.3) is 0 Å². The molecule has 12 aromatic rings. The number of thiophene rings is 2. The fraction of sp³-hybridized carbons (Fsp3) is 0. The SMILES string of the molecule is c1ccc2c(c1)ccc1c3ccccc3n(-c3ccc(-c4ccc(N(c5ccc6sc7ccccc7c6c5)c5ccc6sc7ccccc7c6c5)cc4)cc3)c21. The monoisotopic (exact) mass is 748 g/mol. The van der Waals surface area contributed by atoms with Gasteiger partial charge < -0.3 is 9.47 Å². The first-order chi connectivity index (χ1) is 27.7. The summed E-state index contributed by atoms with van der Waals surface area (Å²) in [5, 5.41) is 10.3. The van der Waals surface area contributed by atoms with Gasteiger partial charge in [-0.25, -0.2) is 0 Å². The number of aromatic nitrogens is 1. The standard InChI is InChI=1S/C52H32N2S2/c1-2-10-40-35(9-1)21-28-44-41-11-3-6-14-47(41)54(52(40)44)37-24-19-34(20-25-37)33-17-22-36(23-18-33)53(38-26-29-50-45(31-38)42-12-4-7-15-48(42)55-50)39-27-30-51-46(32-39)43-13-5-8-16-49(43)56-51/h1-32H. The highest BCUT2D eigenvalue weighted by molar-refractivity contribution is 7.26. The molecule has 0 radical (unpaired) electrons. The molecule has 0 amide bonds. The van der Waals surface area contributed by atoms with Gasteiger partial charge in [-0.3, -0.25) is 0 Å². The Morgan fingerprint density at radius 1 is 0.339 bits per heavy atom. The molecule has 3 heterocycles. The van der Waals surface area contributed by atoms with Crippen molar-refractivity contribution in [2.75, 3.05) is 4.90 Å². The molecule has 0 atom stereocenters. The lowest BCUT2D eigenvalue weighted by atomic mass is 10.0. The molecule has 4 heteroatoms. The van der Waals surface area contributed by atoms with Crippen LogP contribution in [0.25, 0.3) is 89.7 Å². The van der Waals surface area contributed by atoms with E-state index in [0.717, 1.165) is 22.7 Å². The van der Waals surface area contributed by atoms with Crippen molar-refractivity contribution in [2.45, 2.75) is 0 Å². The van der Waals surface area contributed by atoms with Gasteiger partial charge in [-0.15, -0.1) is 22.7 Å². The van der Waals surface area contributed by atoms with E-state index < -0.39 is 0 Å². The van der Waals surface area contributed by atoms with E-state index in [-0.39, 0.29) is 0 Å². The first-order valence-electron chi connectivity index (χ1n) is 19.0. The van der Waals surface area contributed by atoms with Crippen LogP contribution in [0.3, 0.4) is 0 Å². The Kier molecular flexibility index (Phi) is 7.00. The molecule has 3 aromatic heterocycles. The molecule has 262 valence electrons. The normalized spacial score (nSPS) is 11.9. The molecule has 9 aromatic carbocycles. The van der Waals surface area contributed by atoms with Crippen LogP contribution in [-0.2, 0) is 0 Å². The lowest BCUT2D eigenvalue weighted by molar-refractivity contribution is 1.19. The molecule has 0 fully saturated rings. The Hall–Kier alpha value is -6.72. The van der Waals surface area contributed by atoms with Gasteiger partial charge in [-0.2, -0.15) is 0 Å². The zero-order valence-corrected chi connectivity index (χ0v) is 31.8. The molecule has 0 aliphatic carbocycles. The molecule has 0 saturated carbocycles. The maximum absolute atomic E-state index is 2.43. The minimum atomic E-state index is 1.13. The van der Waals surface area contributed by atoms with E-state index in [1.807, 2.05) is 22.7 Å². The Bertz CT molecular complexity index is 3360. The first-order valence-corrected chi connectivity index (χ1v) is 20.6. The molecule has 0 N–H and O–H groups in total. The third kappa shape index (κ3) is 4.86. The second-order valence-corrected chi connectivity index (χ2v) is 16.7. The number of fused-ring (bicyclic) bond motifs is 11. The Balaban J connectivity index is 0.965. The highest BCUT2D eigenvalue weighted by atomic mass is 32.1. The van der Waals surface area contributed by atoms with Crippen LogP contribution in [0.1, 0.15) is 0 Å². The molecule has 12 rings (SSSR count). The average molecular weight is 749 g/mol. The van der Waals surface area contributed by atoms with E-state index in [1.165, 1.54) is 84.0 Å². The van der Waals surface area contributed by atoms with Crippen LogP contribution in [-0.4, -0.2) is 4.57 Å². The van der Waals surface area contributed by atoms with Crippen molar-refractivity contribution in [3.8, 4) is 16.8 Å². The third-order valence-electron chi connectivity index (χ3n) is 11.4. The van der Waals surface area contributed by atoms with Crippen molar-refractivity contribution >= 4 is 113 Å². The van der Waals surface area contributed by atoms with E-state index in [2.05, 4.69) is 204 Å². The summed E-state index contributed by atoms with van der Waals surface area (Å²) in [6.07, 6.45) is 0. The van der Waals surface area contributed by atoms with Crippen LogP contribution in [0.5, 0.6) is 0 Å². The highest BCUT2D eigenvalue weighted by Gasteiger charge is 2.18. The van der Waals surface area contributed by atoms with E-state index in [4.69, 9.17) is 0 Å². The van der Waals surface area contributed by atoms with E-state index in [9.17, 15) is 0 Å². The largest absolute Gasteiger partial charge is 0.310 e. The fourth-order valence-electron chi connectivity index (χ4n) is 8.76. The molecule has 0 spiro atoms. The quantitative estimate of drug-likeness (QED) is 0.170. The minimum Gasteiger partial charge on any atom is -0.310 e. The predicted molar refractivity (Wildman–Crippen MR) is 244 cm³/mol. The van der Waals surface area contributed by atoms with Crippen molar-refractivity contribution in [2.24, 2.45) is 0 Å². The average Bonchev–Trinajstić information content (AvgIpc) is 3.94. The smallest absolute Gasteiger partial charge is 0.0619 e. The summed E-state index contributed by atoms with van der Waals surface area (Å²) in [5.74, 6) is 0. The predicted octanol–water partition coefficient (Wildman–Crippen LogP) is 15.8. The molecule has 2 nitrogen and oxygen atoms in total. The van der Waals surface area contributed by atoms with Crippen molar-refractivity contribution < 1.29 is 0 Å². The molecule has 0 aliphatic heterocycles. The topological polar surface area (TPSA) is 8.17 Å². The minimum absolute atomic E-state index is 1.13. The lowest BCUT2D eigenvalue weighted by Gasteiger charge is -2.26. The van der Waals surface area contributed by atoms with E-state index in [0.29, 0.717) is 0 Å². The molecule has 56 heavy (non-hydrogen) atoms. The number of hydrogen-bond acceptors (Lipinski definition) is 3. The van der Waals surface area contributed by atoms with Crippen LogP contribution < -0.4 is 4.90 Å². The number of para-hydroxylation sites is 1. The molecular weight excluding hydrogens is 717 g/mol. The van der Waals surface area contributed by atoms with Crippen molar-refractivity contribution in [1.82, 2.24) is 4.57 Å². The molecule has 0 bridgehead atoms. The maximum atomic E-state index is 2.43. The lowest BCUT2D eigenvalue weighted by Crippen LogP contribution is -2.09. The van der Waals surface area contributed by atoms with Crippen LogP contribution >= 0.6 is 22.7 Å². The molecule has 0 saturated heterocycles. The van der Waals surface area contributed by atoms with Crippen LogP contribution in [0.4, 0.5) is 17.1 Å². The van der Waals surface area contributed by atoms with Crippen molar-refractivity contribution in [1.29, 1.82) is 0 Å². The first kappa shape index (κ1) is 31.6. The molecule has 0 aliphatic rings. The fourth-order valence-corrected chi connectivity index (χ4v) is 10.9. The van der Waals surface area contributed by atoms with Gasteiger partial charge in [0.05, 0.1) is 11.0 Å². The second kappa shape index (κ2) is 12.4. The number of hydrogen-bond donors (Lipinski definition) is 0. The highest BCUT2D eigenvalue weighted by Crippen LogP contribution is 2.44. The Labute approximate surface area is 331 Å². The van der Waals surface area contributed by atoms with Gasteiger partial charge in [0.15, 0.2) is 0 Å². The summed E-state index contributed by atoms with van der Waals surface area (Å²) in [5.41, 5.74) is 9.43. The van der Waals surface area contributed by atoms with Crippen molar-refractivity contribution in [3.63, 3.8) is 0 Å². The Morgan fingerprint density at radius 3 is 1.48 bits per heavy atom. The summed E-state index contributed by atoms with van der Waals surface area (Å²) in [6, 6.07) is 71.5. The van der Waals surface area contributed by atoms with Gasteiger partial charge in [0.1, 0.15) is 0 Å². The van der Waals surface area contributed by atoms with Crippen LogP contribution in [0.15, 0.2) is 194 Å². The van der Waals surface area contributed by atoms with E-state index in [1.54, 1.807) is 0 Å². The number of rotatable bonds is 5. The summed E-state index contributed by atoms with van der Waals surface area (Å²) in [7, 11) is 0. The van der Waals surface area contributed by atoms with Crippen LogP contribution in [0.2, 0.25) is 0 Å². The summed E-state index contributed by atoms with van der Waals surface area (Å²) in [4.78, 5) is 2.41. The van der Waals surface area contributed by atoms with Gasteiger partial charge in [0, 0.05) is 79.3 Å². The maximum Gasteiger partial charge on any atom is 0.0619 e. The summed E-state index contributed by atoms with van der Waals surface area (Å²) in [6.45, 7) is 0. The van der Waals surface area contributed by atoms with Gasteiger partial charge in [0.2, 0.25) is 0 Å². The van der Waals surface area contributed by atoms with Gasteiger partial charge in [-0.1, -0.05) is 115 Å².